The predicted octanol–water partition coefficient (Wildman–Crippen LogP) is 0.541. The number of nitrogens with one attached hydrogen (secondary N) is 2. The number of guanidine groups is 1. The third kappa shape index (κ3) is 3.77. The lowest BCUT2D eigenvalue weighted by molar-refractivity contribution is -0.365. The number of hydrogen-bond donors (Lipinski definition) is 3. The molecule has 0 spiro atoms. The van der Waals surface area contributed by atoms with Crippen LogP contribution in [0, 0.1) is 20.8 Å². The average Bonchev–Trinajstić information content (AvgIpc) is 2.30. The van der Waals surface area contributed by atoms with Gasteiger partial charge in [-0.05, 0) is 32.9 Å². The molecule has 0 saturated carbocycles. The van der Waals surface area contributed by atoms with Crippen LogP contribution in [0.25, 0.3) is 0 Å². The molecule has 0 amide bonds. The summed E-state index contributed by atoms with van der Waals surface area (Å²) in [6, 6.07) is 9.87. The Labute approximate surface area is 112 Å². The van der Waals surface area contributed by atoms with Gasteiger partial charge in [0.15, 0.2) is 0 Å². The molecule has 0 saturated heterocycles. The Balaban J connectivity index is 2.16. The first kappa shape index (κ1) is 13.0. The lowest BCUT2D eigenvalue weighted by atomic mass is 10.2. The first-order valence-corrected chi connectivity index (χ1v) is 6.08. The van der Waals surface area contributed by atoms with Crippen LogP contribution < -0.4 is 16.0 Å². The summed E-state index contributed by atoms with van der Waals surface area (Å²) in [5.41, 5.74) is 9.81. The molecule has 2 rings (SSSR count). The Hall–Kier alpha value is -2.43. The van der Waals surface area contributed by atoms with Gasteiger partial charge in [0.2, 0.25) is 0 Å². The first-order chi connectivity index (χ1) is 9.02. The van der Waals surface area contributed by atoms with E-state index in [1.165, 1.54) is 5.56 Å². The summed E-state index contributed by atoms with van der Waals surface area (Å²) < 4.78 is 0. The fourth-order valence-electron chi connectivity index (χ4n) is 1.73. The molecule has 98 valence electrons. The quantitative estimate of drug-likeness (QED) is 0.541. The van der Waals surface area contributed by atoms with Crippen molar-refractivity contribution in [2.75, 3.05) is 5.32 Å². The monoisotopic (exact) mass is 256 g/mol. The number of benzene rings is 1. The van der Waals surface area contributed by atoms with Crippen molar-refractivity contribution in [1.82, 2.24) is 9.97 Å². The Morgan fingerprint density at radius 2 is 1.63 bits per heavy atom. The van der Waals surface area contributed by atoms with Crippen LogP contribution in [0.15, 0.2) is 30.3 Å². The maximum Gasteiger partial charge on any atom is 0.354 e. The second-order valence-electron chi connectivity index (χ2n) is 4.50. The van der Waals surface area contributed by atoms with E-state index in [1.54, 1.807) is 0 Å². The van der Waals surface area contributed by atoms with Crippen molar-refractivity contribution in [2.24, 2.45) is 5.73 Å². The zero-order chi connectivity index (χ0) is 13.8. The van der Waals surface area contributed by atoms with Gasteiger partial charge in [-0.2, -0.15) is 0 Å². The highest BCUT2D eigenvalue weighted by Gasteiger charge is 2.05. The van der Waals surface area contributed by atoms with Gasteiger partial charge in [0, 0.05) is 6.07 Å². The highest BCUT2D eigenvalue weighted by Crippen LogP contribution is 2.07. The highest BCUT2D eigenvalue weighted by atomic mass is 15.2. The van der Waals surface area contributed by atoms with Crippen LogP contribution in [-0.2, 0) is 0 Å². The summed E-state index contributed by atoms with van der Waals surface area (Å²) in [7, 11) is 0. The van der Waals surface area contributed by atoms with Gasteiger partial charge in [-0.1, -0.05) is 17.7 Å². The number of aromatic nitrogens is 2. The van der Waals surface area contributed by atoms with Gasteiger partial charge in [-0.3, -0.25) is 5.32 Å². The third-order valence-corrected chi connectivity index (χ3v) is 2.56. The van der Waals surface area contributed by atoms with Crippen LogP contribution in [0.4, 0.5) is 11.6 Å². The average molecular weight is 256 g/mol. The summed E-state index contributed by atoms with van der Waals surface area (Å²) >= 11 is 0. The molecule has 19 heavy (non-hydrogen) atoms. The summed E-state index contributed by atoms with van der Waals surface area (Å²) in [6.45, 7) is 5.88. The lowest BCUT2D eigenvalue weighted by Crippen LogP contribution is -2.72. The molecule has 4 N–H and O–H groups in total. The van der Waals surface area contributed by atoms with Crippen molar-refractivity contribution in [3.63, 3.8) is 0 Å². The summed E-state index contributed by atoms with van der Waals surface area (Å²) in [4.78, 5) is 11.5. The summed E-state index contributed by atoms with van der Waals surface area (Å²) in [5, 5.41) is 3.06. The molecule has 1 heterocycles. The first-order valence-electron chi connectivity index (χ1n) is 6.08. The summed E-state index contributed by atoms with van der Waals surface area (Å²) in [6.07, 6.45) is 0. The van der Waals surface area contributed by atoms with Crippen LogP contribution in [0.1, 0.15) is 17.0 Å². The molecular formula is C14H18N5+. The van der Waals surface area contributed by atoms with Crippen LogP contribution in [0.3, 0.4) is 0 Å². The van der Waals surface area contributed by atoms with Gasteiger partial charge in [0.05, 0.1) is 17.1 Å². The lowest BCUT2D eigenvalue weighted by Gasteiger charge is -2.01. The number of nitrogens with zero attached hydrogens (tertiary/aromatic N) is 2. The largest absolute Gasteiger partial charge is 0.354 e. The van der Waals surface area contributed by atoms with Gasteiger partial charge in [0.25, 0.3) is 5.96 Å². The fourth-order valence-corrected chi connectivity index (χ4v) is 1.73. The van der Waals surface area contributed by atoms with Crippen LogP contribution in [0.5, 0.6) is 0 Å². The molecule has 5 heteroatoms. The Morgan fingerprint density at radius 3 is 2.21 bits per heavy atom. The van der Waals surface area contributed by atoms with Crippen molar-refractivity contribution in [3.8, 4) is 0 Å². The maximum atomic E-state index is 5.89. The van der Waals surface area contributed by atoms with Crippen molar-refractivity contribution >= 4 is 17.6 Å². The van der Waals surface area contributed by atoms with E-state index < -0.39 is 0 Å². The van der Waals surface area contributed by atoms with Gasteiger partial charge >= 0.3 is 5.95 Å². The van der Waals surface area contributed by atoms with Crippen LogP contribution >= 0.6 is 0 Å². The van der Waals surface area contributed by atoms with Crippen molar-refractivity contribution in [3.05, 3.63) is 47.3 Å². The predicted molar refractivity (Wildman–Crippen MR) is 76.1 cm³/mol. The number of rotatable bonds is 2. The van der Waals surface area contributed by atoms with E-state index in [1.807, 2.05) is 51.1 Å². The Kier molecular flexibility index (Phi) is 3.75. The normalized spacial score (nSPS) is 11.4. The molecule has 1 aromatic heterocycles. The fraction of sp³-hybridized carbons (Fsp3) is 0.214. The van der Waals surface area contributed by atoms with E-state index in [9.17, 15) is 0 Å². The van der Waals surface area contributed by atoms with E-state index in [-0.39, 0.29) is 0 Å². The molecule has 1 aromatic carbocycles. The highest BCUT2D eigenvalue weighted by molar-refractivity contribution is 5.88. The molecule has 0 unspecified atom stereocenters. The van der Waals surface area contributed by atoms with Crippen molar-refractivity contribution in [1.29, 1.82) is 0 Å². The number of aryl methyl sites for hydroxylation is 3. The van der Waals surface area contributed by atoms with E-state index in [0.29, 0.717) is 11.9 Å². The molecular weight excluding hydrogens is 238 g/mol. The molecule has 5 nitrogen and oxygen atoms in total. The molecule has 0 atom stereocenters. The molecule has 0 bridgehead atoms. The maximum absolute atomic E-state index is 5.89. The van der Waals surface area contributed by atoms with Crippen molar-refractivity contribution < 1.29 is 4.99 Å². The van der Waals surface area contributed by atoms with E-state index in [2.05, 4.69) is 20.3 Å². The smallest absolute Gasteiger partial charge is 0.322 e. The van der Waals surface area contributed by atoms with Crippen molar-refractivity contribution in [2.45, 2.75) is 20.8 Å². The Bertz CT molecular complexity index is 581. The third-order valence-electron chi connectivity index (χ3n) is 2.56. The zero-order valence-corrected chi connectivity index (χ0v) is 11.4. The summed E-state index contributed by atoms with van der Waals surface area (Å²) in [5.74, 6) is 0.892. The zero-order valence-electron chi connectivity index (χ0n) is 11.4. The minimum absolute atomic E-state index is 0.397. The molecule has 0 aliphatic rings. The molecule has 0 aliphatic carbocycles. The molecule has 0 radical (unpaired) electrons. The van der Waals surface area contributed by atoms with Gasteiger partial charge in [0.1, 0.15) is 0 Å². The Morgan fingerprint density at radius 1 is 1.05 bits per heavy atom. The second kappa shape index (κ2) is 5.48. The number of anilines is 1. The molecule has 0 aliphatic heterocycles. The van der Waals surface area contributed by atoms with E-state index in [0.717, 1.165) is 17.1 Å². The van der Waals surface area contributed by atoms with E-state index >= 15 is 0 Å². The topological polar surface area (TPSA) is 77.8 Å². The van der Waals surface area contributed by atoms with Gasteiger partial charge in [-0.15, -0.1) is 9.97 Å². The van der Waals surface area contributed by atoms with E-state index in [4.69, 9.17) is 5.73 Å². The number of hydrogen-bond acceptors (Lipinski definition) is 2. The van der Waals surface area contributed by atoms with Crippen LogP contribution in [-0.4, -0.2) is 15.9 Å². The molecule has 2 aromatic rings. The van der Waals surface area contributed by atoms with Crippen LogP contribution in [0.2, 0.25) is 0 Å². The van der Waals surface area contributed by atoms with Gasteiger partial charge < -0.3 is 5.73 Å². The molecule has 0 fully saturated rings. The second-order valence-corrected chi connectivity index (χ2v) is 4.50. The number of nitrogens with two attached hydrogens (primary N) is 1. The van der Waals surface area contributed by atoms with Gasteiger partial charge in [-0.25, -0.2) is 4.99 Å². The SMILES string of the molecule is Cc1ccc(NC(N)=[NH+]c2nc(C)cc(C)n2)cc1. The minimum atomic E-state index is 0.397. The minimum Gasteiger partial charge on any atom is -0.322 e. The standard InChI is InChI=1S/C14H17N5/c1-9-4-6-12(7-5-9)18-13(15)19-14-16-10(2)8-11(3)17-14/h4-8H,1-3H3,(H3,15,16,17,18,19)/p+1.